The number of para-hydroxylation sites is 1. The number of fused-ring (bicyclic) bond motifs is 1. The van der Waals surface area contributed by atoms with Gasteiger partial charge in [0.05, 0.1) is 18.3 Å². The lowest BCUT2D eigenvalue weighted by atomic mass is 10.1. The highest BCUT2D eigenvalue weighted by molar-refractivity contribution is 9.10. The van der Waals surface area contributed by atoms with E-state index in [1.807, 2.05) is 42.5 Å². The molecular formula is C16H12BrNO. The van der Waals surface area contributed by atoms with Gasteiger partial charge in [0.2, 0.25) is 0 Å². The number of benzene rings is 2. The first kappa shape index (κ1) is 12.2. The summed E-state index contributed by atoms with van der Waals surface area (Å²) in [6.07, 6.45) is 0. The lowest BCUT2D eigenvalue weighted by Crippen LogP contribution is -1.88. The van der Waals surface area contributed by atoms with Crippen LogP contribution in [0.25, 0.3) is 22.2 Å². The molecule has 0 atom stereocenters. The smallest absolute Gasteiger partial charge is 0.119 e. The molecule has 0 saturated heterocycles. The molecule has 0 aliphatic rings. The Bertz CT molecular complexity index is 740. The first-order valence-corrected chi connectivity index (χ1v) is 6.77. The van der Waals surface area contributed by atoms with Crippen molar-refractivity contribution in [1.29, 1.82) is 0 Å². The van der Waals surface area contributed by atoms with Crippen LogP contribution in [0.1, 0.15) is 0 Å². The molecule has 0 saturated carbocycles. The van der Waals surface area contributed by atoms with Crippen LogP contribution in [0, 0.1) is 0 Å². The summed E-state index contributed by atoms with van der Waals surface area (Å²) in [5.41, 5.74) is 2.96. The fourth-order valence-electron chi connectivity index (χ4n) is 2.04. The molecule has 2 nitrogen and oxygen atoms in total. The lowest BCUT2D eigenvalue weighted by Gasteiger charge is -2.08. The second kappa shape index (κ2) is 5.02. The topological polar surface area (TPSA) is 22.1 Å². The van der Waals surface area contributed by atoms with Crippen molar-refractivity contribution in [3.05, 3.63) is 59.1 Å². The SMILES string of the molecule is COc1ccc(Br)c(-c2ccc3ccccc3n2)c1. The number of methoxy groups -OCH3 is 1. The number of hydrogen-bond donors (Lipinski definition) is 0. The van der Waals surface area contributed by atoms with Crippen molar-refractivity contribution in [2.75, 3.05) is 7.11 Å². The van der Waals surface area contributed by atoms with Crippen molar-refractivity contribution in [2.45, 2.75) is 0 Å². The van der Waals surface area contributed by atoms with E-state index in [1.54, 1.807) is 7.11 Å². The van der Waals surface area contributed by atoms with Gasteiger partial charge in [-0.05, 0) is 30.3 Å². The van der Waals surface area contributed by atoms with Gasteiger partial charge in [0.15, 0.2) is 0 Å². The van der Waals surface area contributed by atoms with Crippen LogP contribution in [0.15, 0.2) is 59.1 Å². The monoisotopic (exact) mass is 313 g/mol. The van der Waals surface area contributed by atoms with Gasteiger partial charge in [-0.15, -0.1) is 0 Å². The number of pyridine rings is 1. The van der Waals surface area contributed by atoms with Gasteiger partial charge in [-0.1, -0.05) is 40.2 Å². The zero-order valence-electron chi connectivity index (χ0n) is 10.4. The van der Waals surface area contributed by atoms with E-state index in [-0.39, 0.29) is 0 Å². The number of hydrogen-bond acceptors (Lipinski definition) is 2. The van der Waals surface area contributed by atoms with E-state index in [9.17, 15) is 0 Å². The number of rotatable bonds is 2. The first-order valence-electron chi connectivity index (χ1n) is 5.97. The predicted molar refractivity (Wildman–Crippen MR) is 81.4 cm³/mol. The standard InChI is InChI=1S/C16H12BrNO/c1-19-12-7-8-14(17)13(10-12)16-9-6-11-4-2-3-5-15(11)18-16/h2-10H,1H3. The van der Waals surface area contributed by atoms with Crippen LogP contribution in [-0.2, 0) is 0 Å². The van der Waals surface area contributed by atoms with Crippen LogP contribution in [0.2, 0.25) is 0 Å². The van der Waals surface area contributed by atoms with Crippen molar-refractivity contribution in [2.24, 2.45) is 0 Å². The van der Waals surface area contributed by atoms with Crippen LogP contribution >= 0.6 is 15.9 Å². The van der Waals surface area contributed by atoms with Crippen molar-refractivity contribution in [3.8, 4) is 17.0 Å². The Labute approximate surface area is 120 Å². The molecule has 1 heterocycles. The summed E-state index contributed by atoms with van der Waals surface area (Å²) in [5.74, 6) is 0.827. The number of halogens is 1. The molecule has 0 fully saturated rings. The summed E-state index contributed by atoms with van der Waals surface area (Å²) in [6.45, 7) is 0. The van der Waals surface area contributed by atoms with Gasteiger partial charge in [0.1, 0.15) is 5.75 Å². The fourth-order valence-corrected chi connectivity index (χ4v) is 2.49. The quantitative estimate of drug-likeness (QED) is 0.685. The number of ether oxygens (including phenoxy) is 1. The molecule has 0 N–H and O–H groups in total. The second-order valence-electron chi connectivity index (χ2n) is 4.23. The highest BCUT2D eigenvalue weighted by atomic mass is 79.9. The van der Waals surface area contributed by atoms with Gasteiger partial charge in [-0.2, -0.15) is 0 Å². The van der Waals surface area contributed by atoms with Crippen LogP contribution < -0.4 is 4.74 Å². The summed E-state index contributed by atoms with van der Waals surface area (Å²) >= 11 is 3.56. The van der Waals surface area contributed by atoms with Crippen LogP contribution in [0.3, 0.4) is 0 Å². The Balaban J connectivity index is 2.18. The fraction of sp³-hybridized carbons (Fsp3) is 0.0625. The Hall–Kier alpha value is -1.87. The molecule has 0 aliphatic carbocycles. The average molecular weight is 314 g/mol. The first-order chi connectivity index (χ1) is 9.28. The molecule has 3 rings (SSSR count). The molecule has 94 valence electrons. The summed E-state index contributed by atoms with van der Waals surface area (Å²) in [6, 6.07) is 18.1. The molecule has 3 heteroatoms. The summed E-state index contributed by atoms with van der Waals surface area (Å²) in [4.78, 5) is 4.70. The number of aromatic nitrogens is 1. The van der Waals surface area contributed by atoms with E-state index >= 15 is 0 Å². The molecular weight excluding hydrogens is 302 g/mol. The minimum atomic E-state index is 0.827. The van der Waals surface area contributed by atoms with Gasteiger partial charge < -0.3 is 4.74 Å². The van der Waals surface area contributed by atoms with Crippen molar-refractivity contribution in [1.82, 2.24) is 4.98 Å². The highest BCUT2D eigenvalue weighted by Crippen LogP contribution is 2.31. The zero-order chi connectivity index (χ0) is 13.2. The summed E-state index contributed by atoms with van der Waals surface area (Å²) in [7, 11) is 1.67. The van der Waals surface area contributed by atoms with E-state index in [2.05, 4.69) is 28.1 Å². The molecule has 0 aliphatic heterocycles. The minimum absolute atomic E-state index is 0.827. The maximum absolute atomic E-state index is 5.27. The van der Waals surface area contributed by atoms with E-state index in [0.29, 0.717) is 0 Å². The van der Waals surface area contributed by atoms with Gasteiger partial charge in [-0.3, -0.25) is 0 Å². The van der Waals surface area contributed by atoms with Crippen LogP contribution in [0.4, 0.5) is 0 Å². The zero-order valence-corrected chi connectivity index (χ0v) is 12.0. The van der Waals surface area contributed by atoms with Crippen LogP contribution in [-0.4, -0.2) is 12.1 Å². The van der Waals surface area contributed by atoms with Crippen LogP contribution in [0.5, 0.6) is 5.75 Å². The molecule has 0 amide bonds. The highest BCUT2D eigenvalue weighted by Gasteiger charge is 2.07. The molecule has 0 bridgehead atoms. The molecule has 2 aromatic carbocycles. The third-order valence-electron chi connectivity index (χ3n) is 3.05. The van der Waals surface area contributed by atoms with E-state index in [4.69, 9.17) is 9.72 Å². The Morgan fingerprint density at radius 3 is 2.68 bits per heavy atom. The van der Waals surface area contributed by atoms with Gasteiger partial charge in [-0.25, -0.2) is 4.98 Å². The molecule has 0 spiro atoms. The van der Waals surface area contributed by atoms with Gasteiger partial charge in [0, 0.05) is 15.4 Å². The maximum atomic E-state index is 5.27. The summed E-state index contributed by atoms with van der Waals surface area (Å²) < 4.78 is 6.28. The third-order valence-corrected chi connectivity index (χ3v) is 3.74. The van der Waals surface area contributed by atoms with Gasteiger partial charge in [0.25, 0.3) is 0 Å². The van der Waals surface area contributed by atoms with Crippen molar-refractivity contribution >= 4 is 26.8 Å². The third kappa shape index (κ3) is 2.34. The molecule has 1 aromatic heterocycles. The maximum Gasteiger partial charge on any atom is 0.119 e. The molecule has 19 heavy (non-hydrogen) atoms. The van der Waals surface area contributed by atoms with E-state index in [0.717, 1.165) is 32.4 Å². The molecule has 0 unspecified atom stereocenters. The Morgan fingerprint density at radius 1 is 1.00 bits per heavy atom. The Kier molecular flexibility index (Phi) is 3.22. The summed E-state index contributed by atoms with van der Waals surface area (Å²) in [5, 5.41) is 1.14. The normalized spacial score (nSPS) is 10.6. The van der Waals surface area contributed by atoms with E-state index < -0.39 is 0 Å². The molecule has 0 radical (unpaired) electrons. The van der Waals surface area contributed by atoms with Crippen molar-refractivity contribution in [3.63, 3.8) is 0 Å². The minimum Gasteiger partial charge on any atom is -0.497 e. The molecule has 3 aromatic rings. The average Bonchev–Trinajstić information content (AvgIpc) is 2.47. The van der Waals surface area contributed by atoms with Crippen molar-refractivity contribution < 1.29 is 4.74 Å². The Morgan fingerprint density at radius 2 is 1.84 bits per heavy atom. The van der Waals surface area contributed by atoms with E-state index in [1.165, 1.54) is 0 Å². The number of nitrogens with zero attached hydrogens (tertiary/aromatic N) is 1. The lowest BCUT2D eigenvalue weighted by molar-refractivity contribution is 0.415. The second-order valence-corrected chi connectivity index (χ2v) is 5.09. The van der Waals surface area contributed by atoms with Gasteiger partial charge >= 0.3 is 0 Å². The largest absolute Gasteiger partial charge is 0.497 e. The predicted octanol–water partition coefficient (Wildman–Crippen LogP) is 4.67.